The Morgan fingerprint density at radius 1 is 1.50 bits per heavy atom. The van der Waals surface area contributed by atoms with E-state index in [1.807, 2.05) is 0 Å². The topological polar surface area (TPSA) is 58.4 Å². The third kappa shape index (κ3) is 2.77. The van der Waals surface area contributed by atoms with E-state index >= 15 is 0 Å². The van der Waals surface area contributed by atoms with Gasteiger partial charge in [0.05, 0.1) is 6.61 Å². The van der Waals surface area contributed by atoms with Crippen molar-refractivity contribution in [2.45, 2.75) is 6.92 Å². The van der Waals surface area contributed by atoms with Crippen molar-refractivity contribution >= 4 is 12.0 Å². The van der Waals surface area contributed by atoms with Crippen LogP contribution in [0.4, 0.5) is 4.79 Å². The molecule has 1 heterocycles. The fraction of sp³-hybridized carbons (Fsp3) is 0.714. The van der Waals surface area contributed by atoms with Crippen molar-refractivity contribution < 1.29 is 14.3 Å². The molecule has 0 spiro atoms. The zero-order valence-corrected chi connectivity index (χ0v) is 7.00. The molecule has 0 unspecified atom stereocenters. The molecular formula is C7H12N2O3. The molecule has 0 atom stereocenters. The molecule has 1 N–H and O–H groups in total. The van der Waals surface area contributed by atoms with Gasteiger partial charge in [-0.25, -0.2) is 4.79 Å². The van der Waals surface area contributed by atoms with Crippen LogP contribution in [0.5, 0.6) is 0 Å². The number of nitrogens with one attached hydrogen (secondary N) is 1. The van der Waals surface area contributed by atoms with Crippen molar-refractivity contribution in [2.75, 3.05) is 26.2 Å². The van der Waals surface area contributed by atoms with E-state index in [0.29, 0.717) is 6.61 Å². The molecular weight excluding hydrogens is 160 g/mol. The monoisotopic (exact) mass is 172 g/mol. The van der Waals surface area contributed by atoms with Crippen LogP contribution in [0.3, 0.4) is 0 Å². The number of urea groups is 1. The first-order valence-corrected chi connectivity index (χ1v) is 3.92. The van der Waals surface area contributed by atoms with Crippen LogP contribution in [0.15, 0.2) is 0 Å². The molecule has 68 valence electrons. The van der Waals surface area contributed by atoms with Crippen LogP contribution >= 0.6 is 0 Å². The Bertz CT molecular complexity index is 189. The standard InChI is InChI=1S/C7H12N2O3/c1-2-12-6(10)5-8-7(11)9-3-4-9/h2-5H2,1H3,(H,8,11). The van der Waals surface area contributed by atoms with Gasteiger partial charge in [0.2, 0.25) is 0 Å². The first-order valence-electron chi connectivity index (χ1n) is 3.92. The average Bonchev–Trinajstić information content (AvgIpc) is 2.83. The Morgan fingerprint density at radius 3 is 2.67 bits per heavy atom. The Labute approximate surface area is 70.7 Å². The Balaban J connectivity index is 2.07. The van der Waals surface area contributed by atoms with Gasteiger partial charge in [-0.05, 0) is 6.92 Å². The molecule has 1 saturated heterocycles. The molecule has 0 aromatic carbocycles. The number of hydrogen-bond acceptors (Lipinski definition) is 3. The molecule has 1 aliphatic rings. The van der Waals surface area contributed by atoms with Gasteiger partial charge in [-0.2, -0.15) is 0 Å². The van der Waals surface area contributed by atoms with Crippen LogP contribution < -0.4 is 5.32 Å². The van der Waals surface area contributed by atoms with Crippen molar-refractivity contribution in [2.24, 2.45) is 0 Å². The second-order valence-electron chi connectivity index (χ2n) is 2.45. The lowest BCUT2D eigenvalue weighted by atomic mass is 10.6. The maximum absolute atomic E-state index is 10.9. The minimum atomic E-state index is -0.396. The number of carbonyl (C=O) groups is 2. The molecule has 1 aliphatic heterocycles. The molecule has 0 saturated carbocycles. The van der Waals surface area contributed by atoms with E-state index in [1.54, 1.807) is 11.8 Å². The molecule has 0 aromatic rings. The first kappa shape index (κ1) is 8.83. The van der Waals surface area contributed by atoms with Gasteiger partial charge < -0.3 is 15.0 Å². The Kier molecular flexibility index (Phi) is 2.90. The summed E-state index contributed by atoms with van der Waals surface area (Å²) in [5.74, 6) is -0.396. The summed E-state index contributed by atoms with van der Waals surface area (Å²) >= 11 is 0. The second-order valence-corrected chi connectivity index (χ2v) is 2.45. The van der Waals surface area contributed by atoms with Gasteiger partial charge in [-0.15, -0.1) is 0 Å². The SMILES string of the molecule is CCOC(=O)CNC(=O)N1CC1. The van der Waals surface area contributed by atoms with Gasteiger partial charge in [0.15, 0.2) is 0 Å². The van der Waals surface area contributed by atoms with Gasteiger partial charge >= 0.3 is 12.0 Å². The lowest BCUT2D eigenvalue weighted by Crippen LogP contribution is -2.33. The van der Waals surface area contributed by atoms with E-state index in [1.165, 1.54) is 0 Å². The van der Waals surface area contributed by atoms with Crippen molar-refractivity contribution in [1.82, 2.24) is 10.2 Å². The molecule has 1 fully saturated rings. The normalized spacial score (nSPS) is 13.9. The van der Waals surface area contributed by atoms with Crippen LogP contribution in [0.2, 0.25) is 0 Å². The Hall–Kier alpha value is -1.26. The first-order chi connectivity index (χ1) is 5.74. The van der Waals surface area contributed by atoms with Crippen LogP contribution in [-0.2, 0) is 9.53 Å². The largest absolute Gasteiger partial charge is 0.465 e. The van der Waals surface area contributed by atoms with Crippen LogP contribution in [0, 0.1) is 0 Å². The minimum absolute atomic E-state index is 0.0385. The van der Waals surface area contributed by atoms with Crippen LogP contribution in [-0.4, -0.2) is 43.1 Å². The molecule has 5 heteroatoms. The van der Waals surface area contributed by atoms with Gasteiger partial charge in [0.1, 0.15) is 6.54 Å². The van der Waals surface area contributed by atoms with Gasteiger partial charge in [-0.1, -0.05) is 0 Å². The van der Waals surface area contributed by atoms with Crippen molar-refractivity contribution in [3.05, 3.63) is 0 Å². The maximum atomic E-state index is 10.9. The van der Waals surface area contributed by atoms with Crippen molar-refractivity contribution in [3.8, 4) is 0 Å². The summed E-state index contributed by atoms with van der Waals surface area (Å²) in [6.07, 6.45) is 0. The molecule has 0 radical (unpaired) electrons. The summed E-state index contributed by atoms with van der Waals surface area (Å²) in [5, 5.41) is 2.44. The number of amides is 2. The summed E-state index contributed by atoms with van der Waals surface area (Å²) in [5.41, 5.74) is 0. The average molecular weight is 172 g/mol. The zero-order chi connectivity index (χ0) is 8.97. The van der Waals surface area contributed by atoms with E-state index in [0.717, 1.165) is 13.1 Å². The molecule has 2 amide bonds. The number of hydrogen-bond donors (Lipinski definition) is 1. The number of rotatable bonds is 3. The second kappa shape index (κ2) is 3.94. The predicted octanol–water partition coefficient (Wildman–Crippen LogP) is -0.425. The lowest BCUT2D eigenvalue weighted by Gasteiger charge is -2.04. The summed E-state index contributed by atoms with van der Waals surface area (Å²) in [6, 6.07) is -0.192. The van der Waals surface area contributed by atoms with E-state index in [-0.39, 0.29) is 12.6 Å². The summed E-state index contributed by atoms with van der Waals surface area (Å²) in [6.45, 7) is 3.61. The summed E-state index contributed by atoms with van der Waals surface area (Å²) in [7, 11) is 0. The van der Waals surface area contributed by atoms with E-state index in [4.69, 9.17) is 0 Å². The third-order valence-corrected chi connectivity index (χ3v) is 1.42. The molecule has 0 aromatic heterocycles. The van der Waals surface area contributed by atoms with Crippen LogP contribution in [0.1, 0.15) is 6.92 Å². The van der Waals surface area contributed by atoms with Gasteiger partial charge in [-0.3, -0.25) is 4.79 Å². The fourth-order valence-electron chi connectivity index (χ4n) is 0.725. The zero-order valence-electron chi connectivity index (χ0n) is 7.00. The van der Waals surface area contributed by atoms with Crippen molar-refractivity contribution in [3.63, 3.8) is 0 Å². The van der Waals surface area contributed by atoms with E-state index in [2.05, 4.69) is 10.1 Å². The minimum Gasteiger partial charge on any atom is -0.465 e. The lowest BCUT2D eigenvalue weighted by molar-refractivity contribution is -0.141. The number of carbonyl (C=O) groups excluding carboxylic acids is 2. The molecule has 0 aliphatic carbocycles. The Morgan fingerprint density at radius 2 is 2.17 bits per heavy atom. The van der Waals surface area contributed by atoms with E-state index in [9.17, 15) is 9.59 Å². The van der Waals surface area contributed by atoms with Crippen LogP contribution in [0.25, 0.3) is 0 Å². The predicted molar refractivity (Wildman–Crippen MR) is 41.6 cm³/mol. The summed E-state index contributed by atoms with van der Waals surface area (Å²) in [4.78, 5) is 23.3. The highest BCUT2D eigenvalue weighted by Gasteiger charge is 2.23. The van der Waals surface area contributed by atoms with Gasteiger partial charge in [0, 0.05) is 13.1 Å². The van der Waals surface area contributed by atoms with Crippen molar-refractivity contribution in [1.29, 1.82) is 0 Å². The maximum Gasteiger partial charge on any atom is 0.325 e. The fourth-order valence-corrected chi connectivity index (χ4v) is 0.725. The van der Waals surface area contributed by atoms with E-state index < -0.39 is 5.97 Å². The smallest absolute Gasteiger partial charge is 0.325 e. The number of nitrogens with zero attached hydrogens (tertiary/aromatic N) is 1. The highest BCUT2D eigenvalue weighted by molar-refractivity contribution is 5.81. The highest BCUT2D eigenvalue weighted by atomic mass is 16.5. The molecule has 5 nitrogen and oxygen atoms in total. The molecule has 12 heavy (non-hydrogen) atoms. The molecule has 0 bridgehead atoms. The summed E-state index contributed by atoms with van der Waals surface area (Å²) < 4.78 is 4.62. The third-order valence-electron chi connectivity index (χ3n) is 1.42. The molecule has 1 rings (SSSR count). The quantitative estimate of drug-likeness (QED) is 0.464. The highest BCUT2D eigenvalue weighted by Crippen LogP contribution is 2.01. The number of esters is 1. The van der Waals surface area contributed by atoms with Gasteiger partial charge in [0.25, 0.3) is 0 Å². The number of ether oxygens (including phenoxy) is 1.